The molecule has 8 nitrogen and oxygen atoms in total. The van der Waals surface area contributed by atoms with E-state index < -0.39 is 11.8 Å². The van der Waals surface area contributed by atoms with E-state index in [9.17, 15) is 14.4 Å². The van der Waals surface area contributed by atoms with Gasteiger partial charge >= 0.3 is 0 Å². The summed E-state index contributed by atoms with van der Waals surface area (Å²) in [5, 5.41) is 14.1. The molecular formula is C32H26N4O4S. The van der Waals surface area contributed by atoms with Crippen LogP contribution in [-0.2, 0) is 9.59 Å². The van der Waals surface area contributed by atoms with Gasteiger partial charge < -0.3 is 20.5 Å². The third-order valence-corrected chi connectivity index (χ3v) is 7.00. The topological polar surface area (TPSA) is 113 Å². The third kappa shape index (κ3) is 7.28. The van der Waals surface area contributed by atoms with Crippen LogP contribution < -0.4 is 16.0 Å². The van der Waals surface area contributed by atoms with Crippen LogP contribution >= 0.6 is 11.8 Å². The summed E-state index contributed by atoms with van der Waals surface area (Å²) in [5.41, 5.74) is 1.83. The molecule has 3 amide bonds. The van der Waals surface area contributed by atoms with Crippen molar-refractivity contribution >= 4 is 57.8 Å². The highest BCUT2D eigenvalue weighted by molar-refractivity contribution is 8.00. The number of hydrogen-bond acceptors (Lipinski definition) is 6. The van der Waals surface area contributed by atoms with Crippen molar-refractivity contribution in [2.24, 2.45) is 0 Å². The molecule has 1 heterocycles. The largest absolute Gasteiger partial charge is 0.360 e. The molecule has 0 radical (unpaired) electrons. The van der Waals surface area contributed by atoms with E-state index >= 15 is 0 Å². The summed E-state index contributed by atoms with van der Waals surface area (Å²) in [6.45, 7) is 1.74. The molecule has 0 saturated heterocycles. The highest BCUT2D eigenvalue weighted by Crippen LogP contribution is 2.24. The Bertz CT molecular complexity index is 1740. The van der Waals surface area contributed by atoms with E-state index in [2.05, 4.69) is 21.1 Å². The average molecular weight is 563 g/mol. The van der Waals surface area contributed by atoms with Gasteiger partial charge in [0.05, 0.1) is 5.75 Å². The quantitative estimate of drug-likeness (QED) is 0.144. The molecule has 9 heteroatoms. The van der Waals surface area contributed by atoms with Crippen LogP contribution in [0.25, 0.3) is 16.8 Å². The molecule has 1 aromatic heterocycles. The number of nitrogens with zero attached hydrogens (tertiary/aromatic N) is 1. The minimum Gasteiger partial charge on any atom is -0.360 e. The Balaban J connectivity index is 1.34. The smallest absolute Gasteiger partial charge is 0.272 e. The Hall–Kier alpha value is -5.15. The Kier molecular flexibility index (Phi) is 8.56. The van der Waals surface area contributed by atoms with Gasteiger partial charge in [0.25, 0.3) is 11.8 Å². The summed E-state index contributed by atoms with van der Waals surface area (Å²) in [7, 11) is 0. The molecule has 5 aromatic rings. The van der Waals surface area contributed by atoms with Gasteiger partial charge in [-0.05, 0) is 59.7 Å². The molecule has 0 aliphatic rings. The van der Waals surface area contributed by atoms with Crippen molar-refractivity contribution in [1.82, 2.24) is 10.5 Å². The predicted octanol–water partition coefficient (Wildman–Crippen LogP) is 6.28. The Morgan fingerprint density at radius 2 is 1.61 bits per heavy atom. The number of hydrogen-bond donors (Lipinski definition) is 3. The van der Waals surface area contributed by atoms with Crippen molar-refractivity contribution in [3.63, 3.8) is 0 Å². The van der Waals surface area contributed by atoms with E-state index in [4.69, 9.17) is 4.52 Å². The molecule has 0 unspecified atom stereocenters. The highest BCUT2D eigenvalue weighted by Gasteiger charge is 2.16. The van der Waals surface area contributed by atoms with Gasteiger partial charge in [0.15, 0.2) is 5.82 Å². The second-order valence-corrected chi connectivity index (χ2v) is 10.1. The van der Waals surface area contributed by atoms with E-state index in [1.165, 1.54) is 11.8 Å². The molecular weight excluding hydrogens is 536 g/mol. The number of rotatable bonds is 9. The molecule has 0 atom stereocenters. The molecule has 0 fully saturated rings. The first-order valence-corrected chi connectivity index (χ1v) is 13.8. The number of amides is 3. The molecule has 0 saturated carbocycles. The van der Waals surface area contributed by atoms with Crippen LogP contribution in [0, 0.1) is 6.92 Å². The second-order valence-electron chi connectivity index (χ2n) is 9.09. The predicted molar refractivity (Wildman–Crippen MR) is 161 cm³/mol. The summed E-state index contributed by atoms with van der Waals surface area (Å²) in [6.07, 6.45) is 1.67. The first-order valence-electron chi connectivity index (χ1n) is 12.8. The lowest BCUT2D eigenvalue weighted by Gasteiger charge is -2.13. The molecule has 0 spiro atoms. The number of nitrogens with one attached hydrogen (secondary N) is 3. The molecule has 5 rings (SSSR count). The molecule has 41 heavy (non-hydrogen) atoms. The van der Waals surface area contributed by atoms with Crippen molar-refractivity contribution in [1.29, 1.82) is 0 Å². The van der Waals surface area contributed by atoms with Crippen molar-refractivity contribution < 1.29 is 18.9 Å². The van der Waals surface area contributed by atoms with E-state index in [0.717, 1.165) is 21.2 Å². The number of fused-ring (bicyclic) bond motifs is 1. The molecule has 3 N–H and O–H groups in total. The van der Waals surface area contributed by atoms with Gasteiger partial charge in [-0.1, -0.05) is 71.9 Å². The van der Waals surface area contributed by atoms with Crippen LogP contribution in [0.5, 0.6) is 0 Å². The lowest BCUT2D eigenvalue weighted by Crippen LogP contribution is -2.30. The van der Waals surface area contributed by atoms with E-state index in [1.54, 1.807) is 61.5 Å². The lowest BCUT2D eigenvalue weighted by molar-refractivity contribution is -0.114. The first kappa shape index (κ1) is 27.4. The first-order chi connectivity index (χ1) is 19.9. The summed E-state index contributed by atoms with van der Waals surface area (Å²) in [6, 6.07) is 31.1. The number of benzene rings is 4. The van der Waals surface area contributed by atoms with Gasteiger partial charge in [0, 0.05) is 22.2 Å². The summed E-state index contributed by atoms with van der Waals surface area (Å²) >= 11 is 1.31. The van der Waals surface area contributed by atoms with E-state index in [0.29, 0.717) is 22.8 Å². The zero-order valence-electron chi connectivity index (χ0n) is 22.1. The SMILES string of the molecule is Cc1cc(NC(=O)CSc2cccc(NC(=O)/C(=C\c3cccc4ccccc34)NC(=O)c3ccccc3)c2)no1. The number of anilines is 2. The minimum absolute atomic E-state index is 0.0931. The zero-order chi connectivity index (χ0) is 28.6. The summed E-state index contributed by atoms with van der Waals surface area (Å²) in [5.74, 6) is -0.0136. The highest BCUT2D eigenvalue weighted by atomic mass is 32.2. The van der Waals surface area contributed by atoms with Crippen LogP contribution in [0.4, 0.5) is 11.5 Å². The Morgan fingerprint density at radius 1 is 0.854 bits per heavy atom. The maximum absolute atomic E-state index is 13.5. The van der Waals surface area contributed by atoms with Crippen LogP contribution in [0.1, 0.15) is 21.7 Å². The lowest BCUT2D eigenvalue weighted by atomic mass is 10.0. The molecule has 0 aliphatic heterocycles. The fraction of sp³-hybridized carbons (Fsp3) is 0.0625. The summed E-state index contributed by atoms with van der Waals surface area (Å²) in [4.78, 5) is 39.6. The fourth-order valence-electron chi connectivity index (χ4n) is 4.09. The van der Waals surface area contributed by atoms with Gasteiger partial charge in [-0.15, -0.1) is 11.8 Å². The van der Waals surface area contributed by atoms with Crippen molar-refractivity contribution in [2.45, 2.75) is 11.8 Å². The Labute approximate surface area is 240 Å². The van der Waals surface area contributed by atoms with Gasteiger partial charge in [0.2, 0.25) is 5.91 Å². The average Bonchev–Trinajstić information content (AvgIpc) is 3.40. The standard InChI is InChI=1S/C32H26N4O4S/c1-21-17-29(36-40-21)35-30(37)20-41-26-15-8-14-25(19-26)33-32(39)28(34-31(38)23-10-3-2-4-11-23)18-24-13-7-12-22-9-5-6-16-27(22)24/h2-19H,20H2,1H3,(H,33,39)(H,34,38)(H,35,36,37)/b28-18+. The molecule has 204 valence electrons. The fourth-order valence-corrected chi connectivity index (χ4v) is 4.84. The zero-order valence-corrected chi connectivity index (χ0v) is 22.9. The van der Waals surface area contributed by atoms with Crippen LogP contribution in [0.2, 0.25) is 0 Å². The van der Waals surface area contributed by atoms with E-state index in [1.807, 2.05) is 54.6 Å². The number of carbonyl (C=O) groups is 3. The summed E-state index contributed by atoms with van der Waals surface area (Å²) < 4.78 is 4.97. The normalized spacial score (nSPS) is 11.2. The van der Waals surface area contributed by atoms with Crippen LogP contribution in [0.3, 0.4) is 0 Å². The number of aryl methyl sites for hydroxylation is 1. The molecule has 0 aliphatic carbocycles. The number of carbonyl (C=O) groups excluding carboxylic acids is 3. The van der Waals surface area contributed by atoms with Gasteiger partial charge in [-0.2, -0.15) is 0 Å². The van der Waals surface area contributed by atoms with Crippen LogP contribution in [0.15, 0.2) is 118 Å². The minimum atomic E-state index is -0.483. The van der Waals surface area contributed by atoms with Crippen molar-refractivity contribution in [2.75, 3.05) is 16.4 Å². The van der Waals surface area contributed by atoms with Crippen molar-refractivity contribution in [3.05, 3.63) is 126 Å². The van der Waals surface area contributed by atoms with Crippen molar-refractivity contribution in [3.8, 4) is 0 Å². The molecule has 4 aromatic carbocycles. The van der Waals surface area contributed by atoms with Gasteiger partial charge in [0.1, 0.15) is 11.5 Å². The van der Waals surface area contributed by atoms with Crippen LogP contribution in [-0.4, -0.2) is 28.6 Å². The maximum atomic E-state index is 13.5. The Morgan fingerprint density at radius 3 is 2.41 bits per heavy atom. The monoisotopic (exact) mass is 562 g/mol. The molecule has 0 bridgehead atoms. The number of thioether (sulfide) groups is 1. The third-order valence-electron chi connectivity index (χ3n) is 6.01. The van der Waals surface area contributed by atoms with E-state index in [-0.39, 0.29) is 17.4 Å². The van der Waals surface area contributed by atoms with Gasteiger partial charge in [-0.25, -0.2) is 0 Å². The second kappa shape index (κ2) is 12.8. The maximum Gasteiger partial charge on any atom is 0.272 e. The van der Waals surface area contributed by atoms with Gasteiger partial charge in [-0.3, -0.25) is 14.4 Å². The number of aromatic nitrogens is 1.